The van der Waals surface area contributed by atoms with Gasteiger partial charge in [0.25, 0.3) is 0 Å². The molecule has 22 heavy (non-hydrogen) atoms. The van der Waals surface area contributed by atoms with E-state index in [1.807, 2.05) is 22.9 Å². The predicted molar refractivity (Wildman–Crippen MR) is 83.2 cm³/mol. The number of unbranched alkanes of at least 4 members (excludes halogenated alkanes) is 1. The standard InChI is InChI=1S/C16H23N3O3/c1-4-5-8-19-14(13(11-20)17-18-19)9-12-6-7-15(21-2)16(10-12)22-3/h6-7,10,20H,4-5,8-9,11H2,1-3H3. The van der Waals surface area contributed by atoms with Crippen molar-refractivity contribution in [2.75, 3.05) is 14.2 Å². The highest BCUT2D eigenvalue weighted by molar-refractivity contribution is 5.44. The van der Waals surface area contributed by atoms with Gasteiger partial charge >= 0.3 is 0 Å². The fourth-order valence-corrected chi connectivity index (χ4v) is 2.36. The number of aliphatic hydroxyl groups is 1. The average molecular weight is 305 g/mol. The second-order valence-electron chi connectivity index (χ2n) is 5.08. The van der Waals surface area contributed by atoms with Crippen molar-refractivity contribution in [2.24, 2.45) is 0 Å². The molecule has 6 heteroatoms. The van der Waals surface area contributed by atoms with Gasteiger partial charge in [-0.3, -0.25) is 0 Å². The summed E-state index contributed by atoms with van der Waals surface area (Å²) in [6.07, 6.45) is 2.77. The smallest absolute Gasteiger partial charge is 0.160 e. The maximum atomic E-state index is 9.46. The summed E-state index contributed by atoms with van der Waals surface area (Å²) in [6, 6.07) is 5.81. The van der Waals surface area contributed by atoms with E-state index < -0.39 is 0 Å². The van der Waals surface area contributed by atoms with Crippen LogP contribution in [0.15, 0.2) is 18.2 Å². The number of ether oxygens (including phenoxy) is 2. The average Bonchev–Trinajstić information content (AvgIpc) is 2.94. The fraction of sp³-hybridized carbons (Fsp3) is 0.500. The lowest BCUT2D eigenvalue weighted by Gasteiger charge is -2.11. The van der Waals surface area contributed by atoms with E-state index in [9.17, 15) is 5.11 Å². The molecule has 6 nitrogen and oxygen atoms in total. The molecule has 0 aliphatic rings. The predicted octanol–water partition coefficient (Wildman–Crippen LogP) is 2.18. The summed E-state index contributed by atoms with van der Waals surface area (Å²) in [4.78, 5) is 0. The molecule has 0 radical (unpaired) electrons. The topological polar surface area (TPSA) is 69.4 Å². The molecule has 0 bridgehead atoms. The normalized spacial score (nSPS) is 10.7. The summed E-state index contributed by atoms with van der Waals surface area (Å²) < 4.78 is 12.5. The number of aliphatic hydroxyl groups excluding tert-OH is 1. The third kappa shape index (κ3) is 3.57. The van der Waals surface area contributed by atoms with Gasteiger partial charge in [-0.25, -0.2) is 4.68 Å². The first-order chi connectivity index (χ1) is 10.7. The molecule has 0 aliphatic carbocycles. The van der Waals surface area contributed by atoms with Gasteiger partial charge in [0.1, 0.15) is 5.69 Å². The summed E-state index contributed by atoms with van der Waals surface area (Å²) >= 11 is 0. The lowest BCUT2D eigenvalue weighted by molar-refractivity contribution is 0.275. The first-order valence-electron chi connectivity index (χ1n) is 7.46. The first-order valence-corrected chi connectivity index (χ1v) is 7.46. The van der Waals surface area contributed by atoms with Crippen LogP contribution in [-0.4, -0.2) is 34.3 Å². The summed E-state index contributed by atoms with van der Waals surface area (Å²) in [7, 11) is 3.24. The molecule has 0 fully saturated rings. The Kier molecular flexibility index (Phi) is 5.77. The van der Waals surface area contributed by atoms with Crippen LogP contribution in [-0.2, 0) is 19.6 Å². The molecule has 2 rings (SSSR count). The van der Waals surface area contributed by atoms with Crippen molar-refractivity contribution in [1.29, 1.82) is 0 Å². The van der Waals surface area contributed by atoms with Crippen LogP contribution in [0.2, 0.25) is 0 Å². The van der Waals surface area contributed by atoms with Crippen LogP contribution in [0.1, 0.15) is 36.7 Å². The van der Waals surface area contributed by atoms with E-state index in [-0.39, 0.29) is 6.61 Å². The maximum Gasteiger partial charge on any atom is 0.160 e. The zero-order valence-corrected chi connectivity index (χ0v) is 13.4. The largest absolute Gasteiger partial charge is 0.493 e. The van der Waals surface area contributed by atoms with Gasteiger partial charge < -0.3 is 14.6 Å². The van der Waals surface area contributed by atoms with E-state index in [1.165, 1.54) is 0 Å². The van der Waals surface area contributed by atoms with Crippen LogP contribution in [0.5, 0.6) is 11.5 Å². The third-order valence-corrected chi connectivity index (χ3v) is 3.61. The third-order valence-electron chi connectivity index (χ3n) is 3.61. The van der Waals surface area contributed by atoms with Crippen molar-refractivity contribution in [3.05, 3.63) is 35.2 Å². The van der Waals surface area contributed by atoms with Gasteiger partial charge in [0.15, 0.2) is 11.5 Å². The molecule has 1 N–H and O–H groups in total. The molecular formula is C16H23N3O3. The number of methoxy groups -OCH3 is 2. The Morgan fingerprint density at radius 1 is 1.18 bits per heavy atom. The molecule has 0 aliphatic heterocycles. The van der Waals surface area contributed by atoms with Crippen molar-refractivity contribution >= 4 is 0 Å². The minimum atomic E-state index is -0.102. The number of aromatic nitrogens is 3. The van der Waals surface area contributed by atoms with E-state index in [0.29, 0.717) is 23.6 Å². The second-order valence-corrected chi connectivity index (χ2v) is 5.08. The van der Waals surface area contributed by atoms with Gasteiger partial charge in [0.2, 0.25) is 0 Å². The summed E-state index contributed by atoms with van der Waals surface area (Å²) in [5.41, 5.74) is 2.64. The van der Waals surface area contributed by atoms with Gasteiger partial charge in [-0.2, -0.15) is 0 Å². The van der Waals surface area contributed by atoms with Crippen LogP contribution in [0, 0.1) is 0 Å². The molecule has 120 valence electrons. The van der Waals surface area contributed by atoms with Gasteiger partial charge in [-0.1, -0.05) is 24.6 Å². The van der Waals surface area contributed by atoms with E-state index >= 15 is 0 Å². The summed E-state index contributed by atoms with van der Waals surface area (Å²) in [5, 5.41) is 17.7. The van der Waals surface area contributed by atoms with Gasteiger partial charge in [-0.15, -0.1) is 5.10 Å². The number of nitrogens with zero attached hydrogens (tertiary/aromatic N) is 3. The first kappa shape index (κ1) is 16.3. The Morgan fingerprint density at radius 3 is 2.59 bits per heavy atom. The van der Waals surface area contributed by atoms with Crippen LogP contribution < -0.4 is 9.47 Å². The van der Waals surface area contributed by atoms with E-state index in [0.717, 1.165) is 30.6 Å². The molecule has 1 aromatic carbocycles. The molecule has 1 heterocycles. The SMILES string of the molecule is CCCCn1nnc(CO)c1Cc1ccc(OC)c(OC)c1. The number of rotatable bonds is 8. The highest BCUT2D eigenvalue weighted by Gasteiger charge is 2.14. The maximum absolute atomic E-state index is 9.46. The van der Waals surface area contributed by atoms with Crippen molar-refractivity contribution in [3.63, 3.8) is 0 Å². The van der Waals surface area contributed by atoms with Crippen molar-refractivity contribution in [2.45, 2.75) is 39.3 Å². The van der Waals surface area contributed by atoms with E-state index in [1.54, 1.807) is 14.2 Å². The zero-order chi connectivity index (χ0) is 15.9. The number of aryl methyl sites for hydroxylation is 1. The molecule has 0 unspecified atom stereocenters. The molecule has 1 aromatic heterocycles. The van der Waals surface area contributed by atoms with Gasteiger partial charge in [0.05, 0.1) is 26.5 Å². The van der Waals surface area contributed by atoms with Crippen molar-refractivity contribution < 1.29 is 14.6 Å². The second kappa shape index (κ2) is 7.79. The lowest BCUT2D eigenvalue weighted by Crippen LogP contribution is -2.07. The molecule has 0 saturated heterocycles. The molecule has 0 spiro atoms. The Hall–Kier alpha value is -2.08. The van der Waals surface area contributed by atoms with Crippen LogP contribution in [0.4, 0.5) is 0 Å². The van der Waals surface area contributed by atoms with Gasteiger partial charge in [-0.05, 0) is 24.1 Å². The molecule has 0 saturated carbocycles. The highest BCUT2D eigenvalue weighted by atomic mass is 16.5. The Bertz CT molecular complexity index is 611. The number of hydrogen-bond acceptors (Lipinski definition) is 5. The molecular weight excluding hydrogens is 282 g/mol. The number of benzene rings is 1. The summed E-state index contributed by atoms with van der Waals surface area (Å²) in [5.74, 6) is 1.39. The Balaban J connectivity index is 2.27. The van der Waals surface area contributed by atoms with Crippen molar-refractivity contribution in [3.8, 4) is 11.5 Å². The van der Waals surface area contributed by atoms with Gasteiger partial charge in [0, 0.05) is 13.0 Å². The molecule has 0 amide bonds. The molecule has 0 atom stereocenters. The quantitative estimate of drug-likeness (QED) is 0.809. The van der Waals surface area contributed by atoms with Crippen LogP contribution in [0.25, 0.3) is 0 Å². The Morgan fingerprint density at radius 2 is 1.95 bits per heavy atom. The Labute approximate surface area is 130 Å². The van der Waals surface area contributed by atoms with Crippen LogP contribution in [0.3, 0.4) is 0 Å². The minimum Gasteiger partial charge on any atom is -0.493 e. The highest BCUT2D eigenvalue weighted by Crippen LogP contribution is 2.28. The van der Waals surface area contributed by atoms with E-state index in [4.69, 9.17) is 9.47 Å². The van der Waals surface area contributed by atoms with E-state index in [2.05, 4.69) is 17.2 Å². The number of hydrogen-bond donors (Lipinski definition) is 1. The van der Waals surface area contributed by atoms with Crippen molar-refractivity contribution in [1.82, 2.24) is 15.0 Å². The molecule has 2 aromatic rings. The minimum absolute atomic E-state index is 0.102. The summed E-state index contributed by atoms with van der Waals surface area (Å²) in [6.45, 7) is 2.85. The zero-order valence-electron chi connectivity index (χ0n) is 13.4. The fourth-order valence-electron chi connectivity index (χ4n) is 2.36. The monoisotopic (exact) mass is 305 g/mol. The lowest BCUT2D eigenvalue weighted by atomic mass is 10.1. The van der Waals surface area contributed by atoms with Crippen LogP contribution >= 0.6 is 0 Å².